The average Bonchev–Trinajstić information content (AvgIpc) is 3.26. The lowest BCUT2D eigenvalue weighted by Crippen LogP contribution is -2.29. The van der Waals surface area contributed by atoms with Crippen LogP contribution >= 0.6 is 0 Å². The molecule has 2 aliphatic rings. The predicted octanol–water partition coefficient (Wildman–Crippen LogP) is 5.27. The SMILES string of the molecule is CC1(F)CCN(CCn2cc(Cc3ncc(-c4ccc(CC(=O)Nc5cc(C6(C(F)(F)F)CC6)on5)c(F)c4)cn3)cn2)C1. The Bertz CT molecular complexity index is 1640. The molecular weight excluding hydrogens is 585 g/mol. The first-order chi connectivity index (χ1) is 20.9. The van der Waals surface area contributed by atoms with Gasteiger partial charge in [-0.25, -0.2) is 18.7 Å². The molecule has 44 heavy (non-hydrogen) atoms. The van der Waals surface area contributed by atoms with E-state index in [1.54, 1.807) is 31.6 Å². The Morgan fingerprint density at radius 3 is 2.50 bits per heavy atom. The molecule has 0 spiro atoms. The number of alkyl halides is 4. The van der Waals surface area contributed by atoms with E-state index in [1.807, 2.05) is 10.9 Å². The van der Waals surface area contributed by atoms with Gasteiger partial charge in [0, 0.05) is 56.3 Å². The highest BCUT2D eigenvalue weighted by molar-refractivity contribution is 5.91. The van der Waals surface area contributed by atoms with Gasteiger partial charge in [-0.1, -0.05) is 17.3 Å². The van der Waals surface area contributed by atoms with Crippen molar-refractivity contribution in [2.45, 2.75) is 62.8 Å². The third kappa shape index (κ3) is 6.49. The number of carbonyl (C=O) groups excluding carboxylic acids is 1. The van der Waals surface area contributed by atoms with Gasteiger partial charge in [0.1, 0.15) is 22.7 Å². The molecule has 1 unspecified atom stereocenters. The van der Waals surface area contributed by atoms with E-state index in [1.165, 1.54) is 12.1 Å². The van der Waals surface area contributed by atoms with Gasteiger partial charge in [0.2, 0.25) is 5.91 Å². The highest BCUT2D eigenvalue weighted by Gasteiger charge is 2.66. The van der Waals surface area contributed by atoms with E-state index in [0.717, 1.165) is 24.7 Å². The third-order valence-corrected chi connectivity index (χ3v) is 8.18. The maximum Gasteiger partial charge on any atom is 0.401 e. The van der Waals surface area contributed by atoms with E-state index >= 15 is 0 Å². The lowest BCUT2D eigenvalue weighted by atomic mass is 10.0. The second-order valence-electron chi connectivity index (χ2n) is 11.8. The highest BCUT2D eigenvalue weighted by Crippen LogP contribution is 2.59. The minimum Gasteiger partial charge on any atom is -0.358 e. The molecule has 1 saturated heterocycles. The second-order valence-corrected chi connectivity index (χ2v) is 11.8. The fourth-order valence-corrected chi connectivity index (χ4v) is 5.43. The van der Waals surface area contributed by atoms with E-state index in [-0.39, 0.29) is 36.4 Å². The molecule has 0 bridgehead atoms. The zero-order valence-electron chi connectivity index (χ0n) is 23.9. The molecule has 2 fully saturated rings. The Hall–Kier alpha value is -4.20. The molecule has 1 atom stereocenters. The van der Waals surface area contributed by atoms with Gasteiger partial charge >= 0.3 is 6.18 Å². The molecule has 1 aromatic carbocycles. The molecule has 14 heteroatoms. The van der Waals surface area contributed by atoms with Gasteiger partial charge < -0.3 is 9.84 Å². The smallest absolute Gasteiger partial charge is 0.358 e. The molecule has 9 nitrogen and oxygen atoms in total. The van der Waals surface area contributed by atoms with Crippen LogP contribution in [0.2, 0.25) is 0 Å². The number of benzene rings is 1. The summed E-state index contributed by atoms with van der Waals surface area (Å²) in [6.45, 7) is 4.19. The van der Waals surface area contributed by atoms with Crippen LogP contribution in [0.1, 0.15) is 48.9 Å². The maximum atomic E-state index is 14.9. The summed E-state index contributed by atoms with van der Waals surface area (Å²) in [5, 5.41) is 10.3. The van der Waals surface area contributed by atoms with Gasteiger partial charge in [0.05, 0.1) is 19.2 Å². The van der Waals surface area contributed by atoms with Crippen molar-refractivity contribution in [3.8, 4) is 11.1 Å². The van der Waals surface area contributed by atoms with Crippen LogP contribution in [0.5, 0.6) is 0 Å². The number of rotatable bonds is 10. The van der Waals surface area contributed by atoms with Gasteiger partial charge in [-0.3, -0.25) is 14.4 Å². The van der Waals surface area contributed by atoms with Gasteiger partial charge in [-0.2, -0.15) is 18.3 Å². The molecule has 3 aromatic heterocycles. The van der Waals surface area contributed by atoms with Crippen molar-refractivity contribution in [2.75, 3.05) is 25.0 Å². The largest absolute Gasteiger partial charge is 0.401 e. The number of aromatic nitrogens is 5. The van der Waals surface area contributed by atoms with Crippen molar-refractivity contribution < 1.29 is 31.3 Å². The van der Waals surface area contributed by atoms with Gasteiger partial charge in [0.15, 0.2) is 11.6 Å². The van der Waals surface area contributed by atoms with E-state index in [2.05, 4.69) is 30.4 Å². The Balaban J connectivity index is 1.01. The van der Waals surface area contributed by atoms with Crippen molar-refractivity contribution in [2.24, 2.45) is 0 Å². The Morgan fingerprint density at radius 1 is 1.07 bits per heavy atom. The molecule has 232 valence electrons. The third-order valence-electron chi connectivity index (χ3n) is 8.18. The Morgan fingerprint density at radius 2 is 1.84 bits per heavy atom. The lowest BCUT2D eigenvalue weighted by molar-refractivity contribution is -0.165. The number of halogens is 5. The van der Waals surface area contributed by atoms with Gasteiger partial charge in [0.25, 0.3) is 0 Å². The Kier molecular flexibility index (Phi) is 7.72. The lowest BCUT2D eigenvalue weighted by Gasteiger charge is -2.16. The maximum absolute atomic E-state index is 14.9. The minimum atomic E-state index is -4.47. The molecular formula is C30H30F5N7O2. The molecule has 1 N–H and O–H groups in total. The van der Waals surface area contributed by atoms with Crippen LogP contribution in [-0.2, 0) is 29.6 Å². The number of hydrogen-bond donors (Lipinski definition) is 1. The standard InChI is InChI=1S/C30H30F5N7O2/c1-28(32)6-7-41(18-28)8-9-42-17-19(14-38-42)10-25-36-15-22(16-37-25)20-2-3-21(23(31)11-20)12-27(43)39-26-13-24(44-40-26)29(4-5-29)30(33,34)35/h2-3,11,13-17H,4-10,12,18H2,1H3,(H,39,40,43). The first-order valence-corrected chi connectivity index (χ1v) is 14.3. The Labute approximate surface area is 249 Å². The zero-order chi connectivity index (χ0) is 31.1. The van der Waals surface area contributed by atoms with Crippen molar-refractivity contribution >= 4 is 11.7 Å². The fourth-order valence-electron chi connectivity index (χ4n) is 5.43. The summed E-state index contributed by atoms with van der Waals surface area (Å²) in [6.07, 6.45) is 2.83. The summed E-state index contributed by atoms with van der Waals surface area (Å²) >= 11 is 0. The van der Waals surface area contributed by atoms with Gasteiger partial charge in [-0.15, -0.1) is 0 Å². The van der Waals surface area contributed by atoms with Crippen molar-refractivity contribution in [1.29, 1.82) is 0 Å². The van der Waals surface area contributed by atoms with E-state index in [9.17, 15) is 26.7 Å². The molecule has 1 aliphatic heterocycles. The number of nitrogens with one attached hydrogen (secondary N) is 1. The first kappa shape index (κ1) is 29.9. The van der Waals surface area contributed by atoms with Crippen LogP contribution in [-0.4, -0.2) is 67.2 Å². The molecule has 1 saturated carbocycles. The van der Waals surface area contributed by atoms with Crippen molar-refractivity contribution in [3.63, 3.8) is 0 Å². The average molecular weight is 616 g/mol. The van der Waals surface area contributed by atoms with Crippen LogP contribution in [0, 0.1) is 5.82 Å². The van der Waals surface area contributed by atoms with Gasteiger partial charge in [-0.05, 0) is 48.9 Å². The fraction of sp³-hybridized carbons (Fsp3) is 0.433. The van der Waals surface area contributed by atoms with Crippen LogP contribution in [0.3, 0.4) is 0 Å². The second kappa shape index (κ2) is 11.4. The summed E-state index contributed by atoms with van der Waals surface area (Å²) in [5.41, 5.74) is -1.05. The quantitative estimate of drug-likeness (QED) is 0.243. The highest BCUT2D eigenvalue weighted by atomic mass is 19.4. The first-order valence-electron chi connectivity index (χ1n) is 14.3. The minimum absolute atomic E-state index is 0.0981. The summed E-state index contributed by atoms with van der Waals surface area (Å²) in [5.74, 6) is -1.22. The normalized spacial score (nSPS) is 19.8. The summed E-state index contributed by atoms with van der Waals surface area (Å²) < 4.78 is 75.5. The summed E-state index contributed by atoms with van der Waals surface area (Å²) in [4.78, 5) is 23.3. The van der Waals surface area contributed by atoms with E-state index in [4.69, 9.17) is 4.52 Å². The molecule has 6 rings (SSSR count). The van der Waals surface area contributed by atoms with Crippen molar-refractivity contribution in [1.82, 2.24) is 29.8 Å². The molecule has 1 aliphatic carbocycles. The number of nitrogens with zero attached hydrogens (tertiary/aromatic N) is 6. The molecule has 4 aromatic rings. The van der Waals surface area contributed by atoms with Crippen LogP contribution in [0.15, 0.2) is 53.6 Å². The number of likely N-dealkylation sites (tertiary alicyclic amines) is 1. The zero-order valence-corrected chi connectivity index (χ0v) is 23.9. The molecule has 1 amide bonds. The summed E-state index contributed by atoms with van der Waals surface area (Å²) in [7, 11) is 0. The number of anilines is 1. The number of amides is 1. The number of hydrogen-bond acceptors (Lipinski definition) is 7. The topological polar surface area (TPSA) is 102 Å². The van der Waals surface area contributed by atoms with Crippen LogP contribution in [0.4, 0.5) is 27.8 Å². The van der Waals surface area contributed by atoms with E-state index < -0.39 is 29.0 Å². The predicted molar refractivity (Wildman–Crippen MR) is 149 cm³/mol. The number of carbonyl (C=O) groups is 1. The monoisotopic (exact) mass is 615 g/mol. The van der Waals surface area contributed by atoms with Crippen molar-refractivity contribution in [3.05, 3.63) is 77.6 Å². The van der Waals surface area contributed by atoms with E-state index in [0.29, 0.717) is 42.9 Å². The van der Waals surface area contributed by atoms with Crippen LogP contribution < -0.4 is 5.32 Å². The molecule has 0 radical (unpaired) electrons. The molecule has 4 heterocycles. The van der Waals surface area contributed by atoms with Crippen LogP contribution in [0.25, 0.3) is 11.1 Å². The summed E-state index contributed by atoms with van der Waals surface area (Å²) in [6, 6.07) is 5.42.